The highest BCUT2D eigenvalue weighted by atomic mass is 32.2. The molecule has 0 spiro atoms. The van der Waals surface area contributed by atoms with Crippen molar-refractivity contribution in [3.8, 4) is 11.5 Å². The van der Waals surface area contributed by atoms with Crippen LogP contribution >= 0.6 is 0 Å². The van der Waals surface area contributed by atoms with Crippen LogP contribution in [0.5, 0.6) is 11.5 Å². The first-order valence-electron chi connectivity index (χ1n) is 9.48. The first kappa shape index (κ1) is 22.2. The Balaban J connectivity index is 1.74. The van der Waals surface area contributed by atoms with Gasteiger partial charge in [-0.25, -0.2) is 8.42 Å². The SMILES string of the molecule is COc1ccc(S(=O)(=O)Nc2cccc(C(=O)N(C)Cc3cccc(OC)c3)c2)cc1. The van der Waals surface area contributed by atoms with Gasteiger partial charge in [-0.15, -0.1) is 0 Å². The fourth-order valence-corrected chi connectivity index (χ4v) is 4.07. The maximum atomic E-state index is 12.9. The molecular weight excluding hydrogens is 416 g/mol. The summed E-state index contributed by atoms with van der Waals surface area (Å²) < 4.78 is 38.1. The Labute approximate surface area is 182 Å². The maximum absolute atomic E-state index is 12.9. The average Bonchev–Trinajstić information content (AvgIpc) is 2.78. The van der Waals surface area contributed by atoms with E-state index in [1.807, 2.05) is 24.3 Å². The molecular formula is C23H24N2O5S. The second-order valence-electron chi connectivity index (χ2n) is 6.87. The number of hydrogen-bond donors (Lipinski definition) is 1. The zero-order valence-electron chi connectivity index (χ0n) is 17.5. The Morgan fingerprint density at radius 3 is 2.26 bits per heavy atom. The number of methoxy groups -OCH3 is 2. The molecule has 0 aromatic heterocycles. The zero-order chi connectivity index (χ0) is 22.4. The molecule has 7 nitrogen and oxygen atoms in total. The standard InChI is InChI=1S/C23H24N2O5S/c1-25(16-17-6-4-9-21(14-17)30-3)23(26)18-7-5-8-19(15-18)24-31(27,28)22-12-10-20(29-2)11-13-22/h4-15,24H,16H2,1-3H3. The van der Waals surface area contributed by atoms with Crippen molar-refractivity contribution in [1.29, 1.82) is 0 Å². The summed E-state index contributed by atoms with van der Waals surface area (Å²) in [5, 5.41) is 0. The van der Waals surface area contributed by atoms with Crippen molar-refractivity contribution in [2.45, 2.75) is 11.4 Å². The summed E-state index contributed by atoms with van der Waals surface area (Å²) in [7, 11) is 0.988. The highest BCUT2D eigenvalue weighted by Crippen LogP contribution is 2.21. The molecule has 0 saturated heterocycles. The van der Waals surface area contributed by atoms with Crippen LogP contribution in [0.2, 0.25) is 0 Å². The van der Waals surface area contributed by atoms with Crippen LogP contribution in [0.15, 0.2) is 77.7 Å². The summed E-state index contributed by atoms with van der Waals surface area (Å²) in [5.41, 5.74) is 1.60. The molecule has 0 aliphatic heterocycles. The molecule has 3 aromatic rings. The number of hydrogen-bond acceptors (Lipinski definition) is 5. The van der Waals surface area contributed by atoms with E-state index in [-0.39, 0.29) is 10.8 Å². The molecule has 0 bridgehead atoms. The van der Waals surface area contributed by atoms with Crippen molar-refractivity contribution in [3.63, 3.8) is 0 Å². The largest absolute Gasteiger partial charge is 0.497 e. The van der Waals surface area contributed by atoms with Crippen LogP contribution in [0.3, 0.4) is 0 Å². The Morgan fingerprint density at radius 1 is 0.903 bits per heavy atom. The third-order valence-electron chi connectivity index (χ3n) is 4.63. The lowest BCUT2D eigenvalue weighted by Gasteiger charge is -2.18. The van der Waals surface area contributed by atoms with E-state index in [9.17, 15) is 13.2 Å². The average molecular weight is 441 g/mol. The molecule has 8 heteroatoms. The summed E-state index contributed by atoms with van der Waals surface area (Å²) in [6.07, 6.45) is 0. The fourth-order valence-electron chi connectivity index (χ4n) is 3.02. The molecule has 0 aliphatic rings. The van der Waals surface area contributed by atoms with Gasteiger partial charge in [0.1, 0.15) is 11.5 Å². The number of benzene rings is 3. The lowest BCUT2D eigenvalue weighted by Crippen LogP contribution is -2.26. The monoisotopic (exact) mass is 440 g/mol. The Kier molecular flexibility index (Phi) is 6.81. The van der Waals surface area contributed by atoms with Gasteiger partial charge in [0.15, 0.2) is 0 Å². The van der Waals surface area contributed by atoms with Gasteiger partial charge < -0.3 is 14.4 Å². The lowest BCUT2D eigenvalue weighted by molar-refractivity contribution is 0.0785. The topological polar surface area (TPSA) is 84.9 Å². The maximum Gasteiger partial charge on any atom is 0.261 e. The molecule has 1 N–H and O–H groups in total. The minimum absolute atomic E-state index is 0.0974. The van der Waals surface area contributed by atoms with Crippen molar-refractivity contribution in [3.05, 3.63) is 83.9 Å². The molecule has 0 saturated carbocycles. The quantitative estimate of drug-likeness (QED) is 0.576. The van der Waals surface area contributed by atoms with Gasteiger partial charge in [0.25, 0.3) is 15.9 Å². The number of carbonyl (C=O) groups excluding carboxylic acids is 1. The minimum atomic E-state index is -3.80. The van der Waals surface area contributed by atoms with Gasteiger partial charge in [0.2, 0.25) is 0 Å². The van der Waals surface area contributed by atoms with Crippen LogP contribution in [-0.2, 0) is 16.6 Å². The van der Waals surface area contributed by atoms with Crippen molar-refractivity contribution in [2.24, 2.45) is 0 Å². The number of anilines is 1. The van der Waals surface area contributed by atoms with Crippen molar-refractivity contribution >= 4 is 21.6 Å². The Morgan fingerprint density at radius 2 is 1.58 bits per heavy atom. The molecule has 0 atom stereocenters. The number of nitrogens with one attached hydrogen (secondary N) is 1. The summed E-state index contributed by atoms with van der Waals surface area (Å²) in [6.45, 7) is 0.387. The molecule has 0 radical (unpaired) electrons. The number of sulfonamides is 1. The molecule has 0 unspecified atom stereocenters. The number of nitrogens with zero attached hydrogens (tertiary/aromatic N) is 1. The van der Waals surface area contributed by atoms with Crippen molar-refractivity contribution < 1.29 is 22.7 Å². The summed E-state index contributed by atoms with van der Waals surface area (Å²) in [6, 6.07) is 19.9. The normalized spacial score (nSPS) is 10.9. The minimum Gasteiger partial charge on any atom is -0.497 e. The highest BCUT2D eigenvalue weighted by Gasteiger charge is 2.17. The summed E-state index contributed by atoms with van der Waals surface area (Å²) in [4.78, 5) is 14.5. The van der Waals surface area contributed by atoms with Crippen LogP contribution in [0.4, 0.5) is 5.69 Å². The van der Waals surface area contributed by atoms with Gasteiger partial charge in [-0.3, -0.25) is 9.52 Å². The van der Waals surface area contributed by atoms with E-state index >= 15 is 0 Å². The van der Waals surface area contributed by atoms with Crippen molar-refractivity contribution in [2.75, 3.05) is 26.0 Å². The van der Waals surface area contributed by atoms with Gasteiger partial charge >= 0.3 is 0 Å². The third kappa shape index (κ3) is 5.55. The molecule has 0 heterocycles. The first-order valence-corrected chi connectivity index (χ1v) is 11.0. The van der Waals surface area contributed by atoms with E-state index < -0.39 is 10.0 Å². The predicted molar refractivity (Wildman–Crippen MR) is 119 cm³/mol. The van der Waals surface area contributed by atoms with E-state index in [1.165, 1.54) is 25.3 Å². The second kappa shape index (κ2) is 9.53. The molecule has 1 amide bonds. The molecule has 3 rings (SSSR count). The van der Waals surface area contributed by atoms with Crippen LogP contribution in [0, 0.1) is 0 Å². The zero-order valence-corrected chi connectivity index (χ0v) is 18.3. The number of rotatable bonds is 8. The predicted octanol–water partition coefficient (Wildman–Crippen LogP) is 3.78. The van der Waals surface area contributed by atoms with Crippen LogP contribution in [-0.4, -0.2) is 40.5 Å². The summed E-state index contributed by atoms with van der Waals surface area (Å²) >= 11 is 0. The smallest absolute Gasteiger partial charge is 0.261 e. The number of amides is 1. The molecule has 0 fully saturated rings. The van der Waals surface area contributed by atoms with Gasteiger partial charge in [0, 0.05) is 24.8 Å². The lowest BCUT2D eigenvalue weighted by atomic mass is 10.1. The fraction of sp³-hybridized carbons (Fsp3) is 0.174. The van der Waals surface area contributed by atoms with Crippen molar-refractivity contribution in [1.82, 2.24) is 4.90 Å². The van der Waals surface area contributed by atoms with Gasteiger partial charge in [-0.2, -0.15) is 0 Å². The van der Waals surface area contributed by atoms with Gasteiger partial charge in [-0.05, 0) is 60.2 Å². The van der Waals surface area contributed by atoms with Gasteiger partial charge in [-0.1, -0.05) is 18.2 Å². The van der Waals surface area contributed by atoms with E-state index in [4.69, 9.17) is 9.47 Å². The molecule has 31 heavy (non-hydrogen) atoms. The Bertz CT molecular complexity index is 1160. The van der Waals surface area contributed by atoms with E-state index in [0.717, 1.165) is 5.56 Å². The van der Waals surface area contributed by atoms with E-state index in [0.29, 0.717) is 29.3 Å². The molecule has 0 aliphatic carbocycles. The number of ether oxygens (including phenoxy) is 2. The van der Waals surface area contributed by atoms with E-state index in [2.05, 4.69) is 4.72 Å². The van der Waals surface area contributed by atoms with Crippen LogP contribution in [0.1, 0.15) is 15.9 Å². The molecule has 162 valence electrons. The van der Waals surface area contributed by atoms with Crippen LogP contribution < -0.4 is 14.2 Å². The van der Waals surface area contributed by atoms with E-state index in [1.54, 1.807) is 49.4 Å². The third-order valence-corrected chi connectivity index (χ3v) is 6.03. The Hall–Kier alpha value is -3.52. The second-order valence-corrected chi connectivity index (χ2v) is 8.56. The van der Waals surface area contributed by atoms with Gasteiger partial charge in [0.05, 0.1) is 19.1 Å². The molecule has 3 aromatic carbocycles. The highest BCUT2D eigenvalue weighted by molar-refractivity contribution is 7.92. The van der Waals surface area contributed by atoms with Crippen LogP contribution in [0.25, 0.3) is 0 Å². The first-order chi connectivity index (χ1) is 14.8. The summed E-state index contributed by atoms with van der Waals surface area (Å²) in [5.74, 6) is 1.05. The number of carbonyl (C=O) groups is 1.